The fourth-order valence-corrected chi connectivity index (χ4v) is 2.65. The number of nitrogens with zero attached hydrogens (tertiary/aromatic N) is 3. The van der Waals surface area contributed by atoms with Crippen LogP contribution in [0.25, 0.3) is 0 Å². The number of hydrogen-bond acceptors (Lipinski definition) is 7. The minimum atomic E-state index is 0.117. The molecule has 0 atom stereocenters. The highest BCUT2D eigenvalue weighted by atomic mass is 32.2. The smallest absolute Gasteiger partial charge is 0.143 e. The highest BCUT2D eigenvalue weighted by Gasteiger charge is 2.18. The third-order valence-corrected chi connectivity index (χ3v) is 3.85. The van der Waals surface area contributed by atoms with Crippen molar-refractivity contribution in [3.8, 4) is 12.1 Å². The molecule has 5 nitrogen and oxygen atoms in total. The minimum Gasteiger partial charge on any atom is -0.383 e. The first kappa shape index (κ1) is 15.4. The fourth-order valence-electron chi connectivity index (χ4n) is 1.54. The standard InChI is InChI=1S/C12H12N4OS2/c1-18-4-2-8-9(6-13)11(15)16-12(10(8)7-14)19-5-3-17/h3H,2,4-5H2,1H3,(H2,15,16). The highest BCUT2D eigenvalue weighted by molar-refractivity contribution is 7.99. The van der Waals surface area contributed by atoms with Gasteiger partial charge in [-0.15, -0.1) is 0 Å². The predicted molar refractivity (Wildman–Crippen MR) is 77.0 cm³/mol. The van der Waals surface area contributed by atoms with Crippen LogP contribution < -0.4 is 5.73 Å². The van der Waals surface area contributed by atoms with E-state index in [-0.39, 0.29) is 17.1 Å². The molecule has 0 radical (unpaired) electrons. The largest absolute Gasteiger partial charge is 0.383 e. The summed E-state index contributed by atoms with van der Waals surface area (Å²) >= 11 is 2.78. The molecule has 1 rings (SSSR count). The van der Waals surface area contributed by atoms with Crippen molar-refractivity contribution in [1.82, 2.24) is 4.98 Å². The molecule has 0 bridgehead atoms. The summed E-state index contributed by atoms with van der Waals surface area (Å²) < 4.78 is 0. The molecule has 1 aromatic heterocycles. The lowest BCUT2D eigenvalue weighted by atomic mass is 10.0. The molecule has 0 fully saturated rings. The molecule has 0 saturated heterocycles. The van der Waals surface area contributed by atoms with Gasteiger partial charge < -0.3 is 10.5 Å². The average molecular weight is 292 g/mol. The van der Waals surface area contributed by atoms with Gasteiger partial charge in [0, 0.05) is 0 Å². The summed E-state index contributed by atoms with van der Waals surface area (Å²) in [6.07, 6.45) is 3.27. The van der Waals surface area contributed by atoms with Crippen LogP contribution in [0.5, 0.6) is 0 Å². The highest BCUT2D eigenvalue weighted by Crippen LogP contribution is 2.28. The number of pyridine rings is 1. The topological polar surface area (TPSA) is 104 Å². The summed E-state index contributed by atoms with van der Waals surface area (Å²) in [5.41, 5.74) is 6.99. The molecule has 0 amide bonds. The van der Waals surface area contributed by atoms with Crippen molar-refractivity contribution in [3.05, 3.63) is 16.7 Å². The number of anilines is 1. The Balaban J connectivity index is 3.37. The van der Waals surface area contributed by atoms with Gasteiger partial charge in [0.15, 0.2) is 0 Å². The van der Waals surface area contributed by atoms with Crippen LogP contribution in [0.4, 0.5) is 5.82 Å². The summed E-state index contributed by atoms with van der Waals surface area (Å²) in [6.45, 7) is 0. The van der Waals surface area contributed by atoms with Crippen LogP contribution in [0.15, 0.2) is 5.03 Å². The zero-order chi connectivity index (χ0) is 14.3. The average Bonchev–Trinajstić information content (AvgIpc) is 2.42. The van der Waals surface area contributed by atoms with Crippen LogP contribution in [0.2, 0.25) is 0 Å². The normalized spacial score (nSPS) is 9.63. The van der Waals surface area contributed by atoms with E-state index in [4.69, 9.17) is 11.0 Å². The molecule has 0 aliphatic carbocycles. The van der Waals surface area contributed by atoms with E-state index in [1.807, 2.05) is 12.3 Å². The molecule has 1 aromatic rings. The molecule has 0 aromatic carbocycles. The number of nitriles is 2. The molecule has 0 saturated carbocycles. The number of nitrogens with two attached hydrogens (primary N) is 1. The monoisotopic (exact) mass is 292 g/mol. The molecule has 98 valence electrons. The zero-order valence-corrected chi connectivity index (χ0v) is 12.0. The van der Waals surface area contributed by atoms with Gasteiger partial charge in [0.1, 0.15) is 29.3 Å². The van der Waals surface area contributed by atoms with E-state index in [0.717, 1.165) is 23.8 Å². The van der Waals surface area contributed by atoms with Crippen LogP contribution >= 0.6 is 23.5 Å². The van der Waals surface area contributed by atoms with Gasteiger partial charge in [0.25, 0.3) is 0 Å². The van der Waals surface area contributed by atoms with Crippen molar-refractivity contribution in [2.45, 2.75) is 11.4 Å². The van der Waals surface area contributed by atoms with Gasteiger partial charge in [-0.1, -0.05) is 11.8 Å². The summed E-state index contributed by atoms with van der Waals surface area (Å²) in [7, 11) is 0. The van der Waals surface area contributed by atoms with Crippen LogP contribution in [0.3, 0.4) is 0 Å². The molecular formula is C12H12N4OS2. The summed E-state index contributed by atoms with van der Waals surface area (Å²) in [5, 5.41) is 18.8. The number of aldehydes is 1. The number of carbonyl (C=O) groups is 1. The van der Waals surface area contributed by atoms with Gasteiger partial charge in [-0.05, 0) is 24.0 Å². The predicted octanol–water partition coefficient (Wildman–Crippen LogP) is 1.60. The first-order valence-corrected chi connectivity index (χ1v) is 7.75. The lowest BCUT2D eigenvalue weighted by molar-refractivity contribution is -0.105. The van der Waals surface area contributed by atoms with E-state index in [9.17, 15) is 10.1 Å². The van der Waals surface area contributed by atoms with E-state index >= 15 is 0 Å². The van der Waals surface area contributed by atoms with Gasteiger partial charge >= 0.3 is 0 Å². The van der Waals surface area contributed by atoms with E-state index in [1.54, 1.807) is 11.8 Å². The lowest BCUT2D eigenvalue weighted by Gasteiger charge is -2.11. The number of rotatable bonds is 6. The summed E-state index contributed by atoms with van der Waals surface area (Å²) in [5.74, 6) is 1.10. The van der Waals surface area contributed by atoms with Gasteiger partial charge in [-0.25, -0.2) is 4.98 Å². The molecular weight excluding hydrogens is 280 g/mol. The Bertz CT molecular complexity index is 560. The molecule has 0 aliphatic heterocycles. The Hall–Kier alpha value is -1.70. The van der Waals surface area contributed by atoms with Gasteiger partial charge in [0.2, 0.25) is 0 Å². The zero-order valence-electron chi connectivity index (χ0n) is 10.3. The maximum absolute atomic E-state index is 10.4. The molecule has 0 spiro atoms. The Labute approximate surface area is 120 Å². The van der Waals surface area contributed by atoms with Gasteiger partial charge in [0.05, 0.1) is 16.9 Å². The molecule has 7 heteroatoms. The van der Waals surface area contributed by atoms with E-state index in [1.165, 1.54) is 0 Å². The number of carbonyl (C=O) groups excluding carboxylic acids is 1. The minimum absolute atomic E-state index is 0.117. The second kappa shape index (κ2) is 7.67. The number of thioether (sulfide) groups is 2. The van der Waals surface area contributed by atoms with Gasteiger partial charge in [-0.2, -0.15) is 22.3 Å². The summed E-state index contributed by atoms with van der Waals surface area (Å²) in [6, 6.07) is 4.07. The first-order valence-electron chi connectivity index (χ1n) is 5.37. The Kier molecular flexibility index (Phi) is 6.20. The number of hydrogen-bond donors (Lipinski definition) is 1. The third kappa shape index (κ3) is 3.63. The Morgan fingerprint density at radius 3 is 2.58 bits per heavy atom. The number of nitrogen functional groups attached to an aromatic ring is 1. The fraction of sp³-hybridized carbons (Fsp3) is 0.333. The second-order valence-electron chi connectivity index (χ2n) is 3.47. The maximum Gasteiger partial charge on any atom is 0.143 e. The van der Waals surface area contributed by atoms with Crippen molar-refractivity contribution >= 4 is 35.6 Å². The van der Waals surface area contributed by atoms with Crippen LogP contribution in [-0.4, -0.2) is 29.0 Å². The van der Waals surface area contributed by atoms with Crippen molar-refractivity contribution in [1.29, 1.82) is 10.5 Å². The third-order valence-electron chi connectivity index (χ3n) is 2.36. The quantitative estimate of drug-likeness (QED) is 0.627. The summed E-state index contributed by atoms with van der Waals surface area (Å²) in [4.78, 5) is 14.5. The van der Waals surface area contributed by atoms with Crippen molar-refractivity contribution in [2.75, 3.05) is 23.5 Å². The molecule has 0 unspecified atom stereocenters. The number of aromatic nitrogens is 1. The van der Waals surface area contributed by atoms with Crippen molar-refractivity contribution in [3.63, 3.8) is 0 Å². The van der Waals surface area contributed by atoms with Crippen LogP contribution in [0, 0.1) is 22.7 Å². The van der Waals surface area contributed by atoms with Crippen LogP contribution in [-0.2, 0) is 11.2 Å². The van der Waals surface area contributed by atoms with Crippen molar-refractivity contribution < 1.29 is 4.79 Å². The van der Waals surface area contributed by atoms with Gasteiger partial charge in [-0.3, -0.25) is 0 Å². The molecule has 2 N–H and O–H groups in total. The molecule has 0 aliphatic rings. The molecule has 19 heavy (non-hydrogen) atoms. The van der Waals surface area contributed by atoms with E-state index in [0.29, 0.717) is 22.6 Å². The maximum atomic E-state index is 10.4. The van der Waals surface area contributed by atoms with Crippen molar-refractivity contribution in [2.24, 2.45) is 0 Å². The second-order valence-corrected chi connectivity index (χ2v) is 5.47. The Morgan fingerprint density at radius 2 is 2.05 bits per heavy atom. The molecule has 1 heterocycles. The Morgan fingerprint density at radius 1 is 1.37 bits per heavy atom. The SMILES string of the molecule is CSCCc1c(C#N)c(N)nc(SCC=O)c1C#N. The van der Waals surface area contributed by atoms with Crippen LogP contribution in [0.1, 0.15) is 16.7 Å². The van der Waals surface area contributed by atoms with E-state index < -0.39 is 0 Å². The van der Waals surface area contributed by atoms with E-state index in [2.05, 4.69) is 11.1 Å². The lowest BCUT2D eigenvalue weighted by Crippen LogP contribution is -2.07. The first-order chi connectivity index (χ1) is 9.19.